The first-order chi connectivity index (χ1) is 18.7. The number of carbonyl (C=O) groups excluding carboxylic acids is 1. The molecular weight excluding hydrogens is 500 g/mol. The van der Waals surface area contributed by atoms with E-state index in [-0.39, 0.29) is 29.2 Å². The Balaban J connectivity index is 1.38. The number of nitrogens with zero attached hydrogens (tertiary/aromatic N) is 2. The van der Waals surface area contributed by atoms with Crippen molar-refractivity contribution in [3.8, 4) is 22.6 Å². The lowest BCUT2D eigenvalue weighted by atomic mass is 9.98. The van der Waals surface area contributed by atoms with Gasteiger partial charge in [0.15, 0.2) is 28.5 Å². The van der Waals surface area contributed by atoms with E-state index in [1.54, 1.807) is 31.5 Å². The van der Waals surface area contributed by atoms with E-state index in [0.717, 1.165) is 5.56 Å². The summed E-state index contributed by atoms with van der Waals surface area (Å²) >= 11 is 0. The smallest absolute Gasteiger partial charge is 0.200 e. The first kappa shape index (κ1) is 25.9. The molecule has 0 atom stereocenters. The van der Waals surface area contributed by atoms with E-state index >= 15 is 4.39 Å². The molecule has 0 bridgehead atoms. The molecule has 1 N–H and O–H groups in total. The van der Waals surface area contributed by atoms with E-state index in [9.17, 15) is 14.0 Å². The zero-order valence-electron chi connectivity index (χ0n) is 21.6. The molecule has 6 nitrogen and oxygen atoms in total. The Labute approximate surface area is 223 Å². The maximum Gasteiger partial charge on any atom is 0.200 e. The van der Waals surface area contributed by atoms with Crippen LogP contribution < -0.4 is 10.2 Å². The van der Waals surface area contributed by atoms with Gasteiger partial charge >= 0.3 is 0 Å². The molecule has 5 aromatic rings. The van der Waals surface area contributed by atoms with Gasteiger partial charge in [0.05, 0.1) is 11.1 Å². The molecule has 0 aliphatic heterocycles. The van der Waals surface area contributed by atoms with Gasteiger partial charge in [-0.15, -0.1) is 0 Å². The Kier molecular flexibility index (Phi) is 7.02. The highest BCUT2D eigenvalue weighted by atomic mass is 19.1. The van der Waals surface area contributed by atoms with Gasteiger partial charge in [0.2, 0.25) is 0 Å². The van der Waals surface area contributed by atoms with Crippen LogP contribution in [0.1, 0.15) is 46.9 Å². The Morgan fingerprint density at radius 1 is 1.00 bits per heavy atom. The Hall–Kier alpha value is -4.72. The van der Waals surface area contributed by atoms with E-state index in [1.807, 2.05) is 6.07 Å². The quantitative estimate of drug-likeness (QED) is 0.233. The predicted molar refractivity (Wildman–Crippen MR) is 145 cm³/mol. The van der Waals surface area contributed by atoms with Gasteiger partial charge in [-0.3, -0.25) is 19.6 Å². The molecule has 8 heteroatoms. The van der Waals surface area contributed by atoms with Crippen LogP contribution in [0.4, 0.5) is 8.78 Å². The van der Waals surface area contributed by atoms with Crippen LogP contribution >= 0.6 is 0 Å². The second-order valence-corrected chi connectivity index (χ2v) is 9.61. The molecule has 0 amide bonds. The summed E-state index contributed by atoms with van der Waals surface area (Å²) < 4.78 is 34.2. The molecule has 0 saturated carbocycles. The summed E-state index contributed by atoms with van der Waals surface area (Å²) in [5.41, 5.74) is 3.37. The van der Waals surface area contributed by atoms with Crippen LogP contribution in [0, 0.1) is 18.6 Å². The molecular formula is C31H25F2N3O3. The third kappa shape index (κ3) is 5.31. The van der Waals surface area contributed by atoms with Crippen molar-refractivity contribution in [3.63, 3.8) is 0 Å². The molecule has 3 aromatic heterocycles. The van der Waals surface area contributed by atoms with Crippen LogP contribution in [-0.2, 0) is 6.42 Å². The first-order valence-electron chi connectivity index (χ1n) is 12.4. The number of Topliss-reactive ketones (excluding diaryl/α,β-unsaturated/α-hetero) is 1. The molecule has 0 spiro atoms. The minimum absolute atomic E-state index is 0.0276. The van der Waals surface area contributed by atoms with Gasteiger partial charge in [0.25, 0.3) is 0 Å². The van der Waals surface area contributed by atoms with Crippen molar-refractivity contribution < 1.29 is 18.3 Å². The second-order valence-electron chi connectivity index (χ2n) is 9.61. The summed E-state index contributed by atoms with van der Waals surface area (Å²) in [6, 6.07) is 13.3. The molecule has 2 aromatic carbocycles. The van der Waals surface area contributed by atoms with Gasteiger partial charge in [0, 0.05) is 42.3 Å². The van der Waals surface area contributed by atoms with Crippen molar-refractivity contribution in [2.45, 2.75) is 33.1 Å². The average molecular weight is 526 g/mol. The number of carbonyl (C=O) groups is 1. The Bertz CT molecular complexity index is 1760. The largest absolute Gasteiger partial charge is 0.452 e. The lowest BCUT2D eigenvalue weighted by Gasteiger charge is -2.11. The molecule has 0 aliphatic carbocycles. The molecule has 5 rings (SSSR count). The van der Waals surface area contributed by atoms with E-state index < -0.39 is 22.8 Å². The van der Waals surface area contributed by atoms with Gasteiger partial charge in [0.1, 0.15) is 11.3 Å². The lowest BCUT2D eigenvalue weighted by molar-refractivity contribution is 0.0991. The molecule has 39 heavy (non-hydrogen) atoms. The summed E-state index contributed by atoms with van der Waals surface area (Å²) in [6.45, 7) is 5.82. The predicted octanol–water partition coefficient (Wildman–Crippen LogP) is 6.91. The topological polar surface area (TPSA) is 84.9 Å². The standard InChI is InChI=1S/C31H25F2N3O3/c1-17(2)21-14-25-30(36-15-21)28(10-11-34-25)39-27-9-4-19(12-24(27)33)13-26(37)23-16-35-18(3)29(31(23)38)20-5-7-22(32)8-6-20/h4-12,14-17H,13H2,1-3H3,(H,35,38). The fourth-order valence-electron chi connectivity index (χ4n) is 4.35. The summed E-state index contributed by atoms with van der Waals surface area (Å²) in [6.07, 6.45) is 4.49. The van der Waals surface area contributed by atoms with Crippen molar-refractivity contribution in [1.82, 2.24) is 15.0 Å². The van der Waals surface area contributed by atoms with Crippen LogP contribution in [0.15, 0.2) is 78.0 Å². The maximum atomic E-state index is 15.0. The molecule has 3 heterocycles. The fraction of sp³-hybridized carbons (Fsp3) is 0.161. The maximum absolute atomic E-state index is 15.0. The lowest BCUT2D eigenvalue weighted by Crippen LogP contribution is -2.20. The molecule has 0 unspecified atom stereocenters. The highest BCUT2D eigenvalue weighted by Gasteiger charge is 2.18. The molecule has 196 valence electrons. The van der Waals surface area contributed by atoms with Gasteiger partial charge in [-0.2, -0.15) is 0 Å². The zero-order chi connectivity index (χ0) is 27.7. The molecule has 0 saturated heterocycles. The van der Waals surface area contributed by atoms with Crippen molar-refractivity contribution in [1.29, 1.82) is 0 Å². The van der Waals surface area contributed by atoms with Crippen molar-refractivity contribution in [3.05, 3.63) is 117 Å². The number of H-pyrrole nitrogens is 1. The number of aromatic nitrogens is 3. The van der Waals surface area contributed by atoms with E-state index in [1.165, 1.54) is 42.6 Å². The first-order valence-corrected chi connectivity index (χ1v) is 12.4. The number of rotatable bonds is 7. The van der Waals surface area contributed by atoms with Gasteiger partial charge < -0.3 is 9.72 Å². The number of nitrogens with one attached hydrogen (secondary N) is 1. The van der Waals surface area contributed by atoms with Crippen molar-refractivity contribution >= 4 is 16.8 Å². The fourth-order valence-corrected chi connectivity index (χ4v) is 4.35. The minimum atomic E-state index is -0.658. The van der Waals surface area contributed by atoms with Gasteiger partial charge in [-0.25, -0.2) is 8.78 Å². The number of ether oxygens (including phenoxy) is 1. The van der Waals surface area contributed by atoms with Crippen LogP contribution in [0.25, 0.3) is 22.2 Å². The third-order valence-electron chi connectivity index (χ3n) is 6.52. The average Bonchev–Trinajstić information content (AvgIpc) is 2.91. The summed E-state index contributed by atoms with van der Waals surface area (Å²) in [5, 5.41) is 0. The second kappa shape index (κ2) is 10.6. The normalized spacial score (nSPS) is 11.2. The number of fused-ring (bicyclic) bond motifs is 1. The highest BCUT2D eigenvalue weighted by Crippen LogP contribution is 2.31. The van der Waals surface area contributed by atoms with Crippen LogP contribution in [0.5, 0.6) is 11.5 Å². The van der Waals surface area contributed by atoms with Crippen LogP contribution in [0.3, 0.4) is 0 Å². The Morgan fingerprint density at radius 3 is 2.49 bits per heavy atom. The highest BCUT2D eigenvalue weighted by molar-refractivity contribution is 5.98. The van der Waals surface area contributed by atoms with Crippen molar-refractivity contribution in [2.24, 2.45) is 0 Å². The van der Waals surface area contributed by atoms with E-state index in [2.05, 4.69) is 28.8 Å². The van der Waals surface area contributed by atoms with Crippen LogP contribution in [-0.4, -0.2) is 20.7 Å². The van der Waals surface area contributed by atoms with E-state index in [0.29, 0.717) is 33.6 Å². The number of aryl methyl sites for hydroxylation is 1. The number of hydrogen-bond acceptors (Lipinski definition) is 5. The number of ketones is 1. The summed E-state index contributed by atoms with van der Waals surface area (Å²) in [5.74, 6) is -0.946. The molecule has 0 fully saturated rings. The number of halogens is 2. The monoisotopic (exact) mass is 525 g/mol. The van der Waals surface area contributed by atoms with E-state index in [4.69, 9.17) is 4.74 Å². The summed E-state index contributed by atoms with van der Waals surface area (Å²) in [7, 11) is 0. The summed E-state index contributed by atoms with van der Waals surface area (Å²) in [4.78, 5) is 38.0. The van der Waals surface area contributed by atoms with Crippen molar-refractivity contribution in [2.75, 3.05) is 0 Å². The zero-order valence-corrected chi connectivity index (χ0v) is 21.6. The third-order valence-corrected chi connectivity index (χ3v) is 6.52. The number of pyridine rings is 3. The SMILES string of the molecule is Cc1[nH]cc(C(=O)Cc2ccc(Oc3ccnc4cc(C(C)C)cnc34)c(F)c2)c(=O)c1-c1ccc(F)cc1. The molecule has 0 aliphatic rings. The number of benzene rings is 2. The van der Waals surface area contributed by atoms with Gasteiger partial charge in [-0.05, 0) is 59.9 Å². The van der Waals surface area contributed by atoms with Crippen LogP contribution in [0.2, 0.25) is 0 Å². The Morgan fingerprint density at radius 2 is 1.77 bits per heavy atom. The number of aromatic amines is 1. The number of hydrogen-bond donors (Lipinski definition) is 1. The molecule has 0 radical (unpaired) electrons. The van der Waals surface area contributed by atoms with Gasteiger partial charge in [-0.1, -0.05) is 32.0 Å². The minimum Gasteiger partial charge on any atom is -0.452 e.